The Morgan fingerprint density at radius 1 is 0.867 bits per heavy atom. The summed E-state index contributed by atoms with van der Waals surface area (Å²) >= 11 is 0. The molecule has 1 N–H and O–H groups in total. The maximum Gasteiger partial charge on any atom is 0.244 e. The van der Waals surface area contributed by atoms with Crippen molar-refractivity contribution in [3.8, 4) is 5.69 Å². The summed E-state index contributed by atoms with van der Waals surface area (Å²) in [6.45, 7) is 0.102. The molecule has 30 heavy (non-hydrogen) atoms. The van der Waals surface area contributed by atoms with E-state index in [1.54, 1.807) is 24.7 Å². The number of carbonyl (C=O) groups is 1. The molecule has 5 aromatic rings. The molecule has 5 rings (SSSR count). The molecule has 0 fully saturated rings. The van der Waals surface area contributed by atoms with Gasteiger partial charge in [0, 0.05) is 34.5 Å². The molecular weight excluding hydrogens is 376 g/mol. The first-order chi connectivity index (χ1) is 14.7. The van der Waals surface area contributed by atoms with Crippen molar-refractivity contribution in [2.45, 2.75) is 6.54 Å². The largest absolute Gasteiger partial charge is 0.331 e. The van der Waals surface area contributed by atoms with Gasteiger partial charge in [-0.2, -0.15) is 0 Å². The third-order valence-corrected chi connectivity index (χ3v) is 5.13. The second-order valence-electron chi connectivity index (χ2n) is 7.01. The van der Waals surface area contributed by atoms with Gasteiger partial charge in [-0.3, -0.25) is 9.59 Å². The zero-order chi connectivity index (χ0) is 20.5. The molecule has 6 heteroatoms. The maximum atomic E-state index is 12.8. The fourth-order valence-corrected chi connectivity index (χ4v) is 3.72. The molecule has 146 valence electrons. The lowest BCUT2D eigenvalue weighted by Gasteiger charge is -2.15. The molecule has 0 unspecified atom stereocenters. The van der Waals surface area contributed by atoms with Crippen LogP contribution in [0.2, 0.25) is 0 Å². The molecule has 0 saturated heterocycles. The van der Waals surface area contributed by atoms with Gasteiger partial charge in [-0.15, -0.1) is 0 Å². The number of nitrogens with zero attached hydrogens (tertiary/aromatic N) is 3. The van der Waals surface area contributed by atoms with Crippen LogP contribution in [-0.2, 0) is 11.3 Å². The number of carbonyl (C=O) groups excluding carboxylic acids is 1. The van der Waals surface area contributed by atoms with Gasteiger partial charge < -0.3 is 14.5 Å². The molecule has 0 radical (unpaired) electrons. The lowest BCUT2D eigenvalue weighted by Crippen LogP contribution is -2.21. The minimum atomic E-state index is -0.163. The summed E-state index contributed by atoms with van der Waals surface area (Å²) in [6.07, 6.45) is 5.30. The van der Waals surface area contributed by atoms with E-state index in [0.29, 0.717) is 16.5 Å². The Kier molecular flexibility index (Phi) is 4.37. The highest BCUT2D eigenvalue weighted by Gasteiger charge is 2.13. The predicted molar refractivity (Wildman–Crippen MR) is 118 cm³/mol. The Morgan fingerprint density at radius 3 is 2.10 bits per heavy atom. The molecule has 0 aliphatic rings. The van der Waals surface area contributed by atoms with Crippen molar-refractivity contribution >= 4 is 33.4 Å². The zero-order valence-electron chi connectivity index (χ0n) is 16.0. The molecule has 0 aliphatic carbocycles. The Labute approximate surface area is 172 Å². The number of anilines is 1. The number of rotatable bonds is 4. The van der Waals surface area contributed by atoms with E-state index in [2.05, 4.69) is 10.3 Å². The van der Waals surface area contributed by atoms with Crippen molar-refractivity contribution in [1.82, 2.24) is 14.1 Å². The number of amides is 1. The Morgan fingerprint density at radius 2 is 1.50 bits per heavy atom. The lowest BCUT2D eigenvalue weighted by atomic mass is 10.1. The van der Waals surface area contributed by atoms with E-state index < -0.39 is 0 Å². The Balaban J connectivity index is 1.47. The van der Waals surface area contributed by atoms with E-state index in [4.69, 9.17) is 0 Å². The number of hydrogen-bond donors (Lipinski definition) is 1. The van der Waals surface area contributed by atoms with Gasteiger partial charge in [0.2, 0.25) is 5.91 Å². The highest BCUT2D eigenvalue weighted by molar-refractivity contribution is 5.97. The van der Waals surface area contributed by atoms with Gasteiger partial charge >= 0.3 is 0 Å². The first kappa shape index (κ1) is 17.9. The van der Waals surface area contributed by atoms with E-state index >= 15 is 0 Å². The summed E-state index contributed by atoms with van der Waals surface area (Å²) in [4.78, 5) is 29.7. The summed E-state index contributed by atoms with van der Waals surface area (Å²) in [5.41, 5.74) is 3.13. The highest BCUT2D eigenvalue weighted by Crippen LogP contribution is 2.20. The highest BCUT2D eigenvalue weighted by atomic mass is 16.2. The second-order valence-corrected chi connectivity index (χ2v) is 7.01. The van der Waals surface area contributed by atoms with Crippen LogP contribution in [0.3, 0.4) is 0 Å². The summed E-state index contributed by atoms with van der Waals surface area (Å²) in [7, 11) is 0. The molecule has 1 amide bonds. The van der Waals surface area contributed by atoms with Crippen LogP contribution in [0, 0.1) is 0 Å². The minimum absolute atomic E-state index is 0.0204. The molecule has 3 aromatic carbocycles. The zero-order valence-corrected chi connectivity index (χ0v) is 16.0. The molecule has 2 aromatic heterocycles. The van der Waals surface area contributed by atoms with Crippen LogP contribution in [0.25, 0.3) is 27.5 Å². The maximum absolute atomic E-state index is 12.8. The number of aromatic nitrogens is 3. The first-order valence-corrected chi connectivity index (χ1v) is 9.59. The smallest absolute Gasteiger partial charge is 0.244 e. The van der Waals surface area contributed by atoms with Gasteiger partial charge in [0.15, 0.2) is 5.43 Å². The quantitative estimate of drug-likeness (QED) is 0.469. The number of pyridine rings is 1. The third kappa shape index (κ3) is 3.14. The fourth-order valence-electron chi connectivity index (χ4n) is 3.72. The average molecular weight is 394 g/mol. The van der Waals surface area contributed by atoms with Gasteiger partial charge in [-0.1, -0.05) is 24.3 Å². The number of para-hydroxylation sites is 2. The number of benzene rings is 3. The number of imidazole rings is 1. The van der Waals surface area contributed by atoms with E-state index in [0.717, 1.165) is 16.7 Å². The summed E-state index contributed by atoms with van der Waals surface area (Å²) < 4.78 is 3.78. The summed E-state index contributed by atoms with van der Waals surface area (Å²) in [5.74, 6) is -0.163. The molecular formula is C24H18N4O2. The topological polar surface area (TPSA) is 68.9 Å². The average Bonchev–Trinajstić information content (AvgIpc) is 3.32. The molecule has 0 saturated carbocycles. The summed E-state index contributed by atoms with van der Waals surface area (Å²) in [6, 6.07) is 22.3. The standard InChI is InChI=1S/C24H18N4O2/c29-23(26-17-9-11-18(12-10-17)27-14-13-25-16-27)15-28-21-7-3-1-5-19(21)24(30)20-6-2-4-8-22(20)28/h1-14,16H,15H2,(H,26,29). The summed E-state index contributed by atoms with van der Waals surface area (Å²) in [5, 5.41) is 4.15. The SMILES string of the molecule is O=C(Cn1c2ccccc2c(=O)c2ccccc21)Nc1ccc(-n2ccnc2)cc1. The van der Waals surface area contributed by atoms with Crippen molar-refractivity contribution in [3.05, 3.63) is 102 Å². The number of hydrogen-bond acceptors (Lipinski definition) is 3. The van der Waals surface area contributed by atoms with Crippen LogP contribution < -0.4 is 10.7 Å². The van der Waals surface area contributed by atoms with Crippen LogP contribution >= 0.6 is 0 Å². The van der Waals surface area contributed by atoms with Crippen LogP contribution in [0.15, 0.2) is 96.3 Å². The van der Waals surface area contributed by atoms with Gasteiger partial charge in [-0.05, 0) is 48.5 Å². The van der Waals surface area contributed by atoms with Crippen LogP contribution in [0.4, 0.5) is 5.69 Å². The lowest BCUT2D eigenvalue weighted by molar-refractivity contribution is -0.116. The Hall–Kier alpha value is -4.19. The van der Waals surface area contributed by atoms with Crippen molar-refractivity contribution in [2.24, 2.45) is 0 Å². The van der Waals surface area contributed by atoms with Gasteiger partial charge in [0.05, 0.1) is 17.4 Å². The van der Waals surface area contributed by atoms with Crippen LogP contribution in [0.1, 0.15) is 0 Å². The predicted octanol–water partition coefficient (Wildman–Crippen LogP) is 3.98. The first-order valence-electron chi connectivity index (χ1n) is 9.59. The van der Waals surface area contributed by atoms with Crippen molar-refractivity contribution in [2.75, 3.05) is 5.32 Å². The van der Waals surface area contributed by atoms with E-state index in [1.807, 2.05) is 76.0 Å². The molecule has 6 nitrogen and oxygen atoms in total. The van der Waals surface area contributed by atoms with Gasteiger partial charge in [0.1, 0.15) is 6.54 Å². The number of nitrogens with one attached hydrogen (secondary N) is 1. The van der Waals surface area contributed by atoms with E-state index in [1.165, 1.54) is 0 Å². The fraction of sp³-hybridized carbons (Fsp3) is 0.0417. The second kappa shape index (κ2) is 7.33. The van der Waals surface area contributed by atoms with Gasteiger partial charge in [-0.25, -0.2) is 4.98 Å². The van der Waals surface area contributed by atoms with Crippen molar-refractivity contribution in [1.29, 1.82) is 0 Å². The monoisotopic (exact) mass is 394 g/mol. The van der Waals surface area contributed by atoms with Gasteiger partial charge in [0.25, 0.3) is 0 Å². The molecule has 0 bridgehead atoms. The Bertz CT molecular complexity index is 1360. The van der Waals surface area contributed by atoms with E-state index in [-0.39, 0.29) is 17.9 Å². The molecule has 2 heterocycles. The molecule has 0 atom stereocenters. The van der Waals surface area contributed by atoms with Crippen molar-refractivity contribution < 1.29 is 4.79 Å². The third-order valence-electron chi connectivity index (χ3n) is 5.13. The van der Waals surface area contributed by atoms with Crippen LogP contribution in [-0.4, -0.2) is 20.0 Å². The number of fused-ring (bicyclic) bond motifs is 2. The van der Waals surface area contributed by atoms with Crippen LogP contribution in [0.5, 0.6) is 0 Å². The minimum Gasteiger partial charge on any atom is -0.331 e. The van der Waals surface area contributed by atoms with E-state index in [9.17, 15) is 9.59 Å². The normalized spacial score (nSPS) is 11.1. The van der Waals surface area contributed by atoms with Crippen molar-refractivity contribution in [3.63, 3.8) is 0 Å². The molecule has 0 spiro atoms. The molecule has 0 aliphatic heterocycles.